The highest BCUT2D eigenvalue weighted by molar-refractivity contribution is 7.89. The minimum atomic E-state index is -3.97. The van der Waals surface area contributed by atoms with Crippen molar-refractivity contribution < 1.29 is 23.2 Å². The van der Waals surface area contributed by atoms with Crippen molar-refractivity contribution in [3.8, 4) is 0 Å². The summed E-state index contributed by atoms with van der Waals surface area (Å²) >= 11 is 0. The Hall–Kier alpha value is -2.00. The molecule has 2 rings (SSSR count). The highest BCUT2D eigenvalue weighted by Gasteiger charge is 2.43. The first-order valence-electron chi connectivity index (χ1n) is 6.21. The fraction of sp³-hybridized carbons (Fsp3) is 0.417. The van der Waals surface area contributed by atoms with E-state index in [4.69, 9.17) is 5.11 Å². The van der Waals surface area contributed by atoms with Crippen LogP contribution in [0.3, 0.4) is 0 Å². The number of nitro benzene ring substituents is 1. The van der Waals surface area contributed by atoms with Crippen LogP contribution in [-0.2, 0) is 14.8 Å². The van der Waals surface area contributed by atoms with Crippen LogP contribution in [0.15, 0.2) is 29.2 Å². The number of nitrogens with zero attached hydrogens (tertiary/aromatic N) is 2. The Labute approximate surface area is 121 Å². The highest BCUT2D eigenvalue weighted by atomic mass is 32.2. The van der Waals surface area contributed by atoms with E-state index in [1.54, 1.807) is 0 Å². The molecule has 1 aromatic rings. The van der Waals surface area contributed by atoms with Gasteiger partial charge in [-0.25, -0.2) is 8.42 Å². The summed E-state index contributed by atoms with van der Waals surface area (Å²) in [6.07, 6.45) is 0. The van der Waals surface area contributed by atoms with Gasteiger partial charge in [-0.15, -0.1) is 0 Å². The molecule has 1 saturated heterocycles. The van der Waals surface area contributed by atoms with Crippen molar-refractivity contribution in [3.05, 3.63) is 34.4 Å². The lowest BCUT2D eigenvalue weighted by Gasteiger charge is -2.39. The third kappa shape index (κ3) is 2.74. The van der Waals surface area contributed by atoms with Crippen molar-refractivity contribution in [3.63, 3.8) is 0 Å². The third-order valence-corrected chi connectivity index (χ3v) is 5.53. The molecule has 1 heterocycles. The van der Waals surface area contributed by atoms with E-state index in [0.717, 1.165) is 10.4 Å². The van der Waals surface area contributed by atoms with Crippen LogP contribution in [0.1, 0.15) is 6.92 Å². The quantitative estimate of drug-likeness (QED) is 0.638. The molecule has 1 atom stereocenters. The Morgan fingerprint density at radius 1 is 1.43 bits per heavy atom. The van der Waals surface area contributed by atoms with Crippen molar-refractivity contribution in [2.75, 3.05) is 13.1 Å². The normalized spacial score (nSPS) is 18.0. The summed E-state index contributed by atoms with van der Waals surface area (Å²) in [6, 6.07) is 5.12. The van der Waals surface area contributed by atoms with Gasteiger partial charge in [0.05, 0.1) is 10.8 Å². The second-order valence-corrected chi connectivity index (χ2v) is 6.84. The molecule has 0 saturated carbocycles. The molecule has 0 aliphatic carbocycles. The summed E-state index contributed by atoms with van der Waals surface area (Å²) in [7, 11) is -3.97. The van der Waals surface area contributed by atoms with Crippen LogP contribution in [0.25, 0.3) is 0 Å². The summed E-state index contributed by atoms with van der Waals surface area (Å²) in [5.74, 6) is -1.91. The topological polar surface area (TPSA) is 118 Å². The molecule has 1 aliphatic heterocycles. The molecule has 0 radical (unpaired) electrons. The highest BCUT2D eigenvalue weighted by Crippen LogP contribution is 2.33. The molecule has 1 aromatic carbocycles. The molecule has 1 unspecified atom stereocenters. The molecule has 9 heteroatoms. The van der Waals surface area contributed by atoms with Gasteiger partial charge in [-0.05, 0) is 12.0 Å². The molecule has 0 amide bonds. The second-order valence-electron chi connectivity index (χ2n) is 4.93. The van der Waals surface area contributed by atoms with E-state index in [1.165, 1.54) is 25.1 Å². The predicted octanol–water partition coefficient (Wildman–Crippen LogP) is 0.936. The molecule has 1 aliphatic rings. The van der Waals surface area contributed by atoms with Crippen LogP contribution in [0.4, 0.5) is 5.69 Å². The predicted molar refractivity (Wildman–Crippen MR) is 72.1 cm³/mol. The maximum Gasteiger partial charge on any atom is 0.306 e. The van der Waals surface area contributed by atoms with Crippen molar-refractivity contribution in [1.82, 2.24) is 4.31 Å². The van der Waals surface area contributed by atoms with Crippen molar-refractivity contribution in [1.29, 1.82) is 0 Å². The van der Waals surface area contributed by atoms with Gasteiger partial charge in [0.25, 0.3) is 5.69 Å². The summed E-state index contributed by atoms with van der Waals surface area (Å²) in [5.41, 5.74) is -0.479. The molecule has 114 valence electrons. The van der Waals surface area contributed by atoms with Gasteiger partial charge in [0.2, 0.25) is 10.0 Å². The van der Waals surface area contributed by atoms with E-state index in [1.807, 2.05) is 0 Å². The van der Waals surface area contributed by atoms with Crippen LogP contribution in [-0.4, -0.2) is 41.8 Å². The summed E-state index contributed by atoms with van der Waals surface area (Å²) in [4.78, 5) is 20.6. The first-order valence-corrected chi connectivity index (χ1v) is 7.65. The van der Waals surface area contributed by atoms with E-state index < -0.39 is 32.5 Å². The van der Waals surface area contributed by atoms with E-state index in [0.29, 0.717) is 0 Å². The van der Waals surface area contributed by atoms with Crippen LogP contribution >= 0.6 is 0 Å². The number of sulfonamides is 1. The zero-order valence-corrected chi connectivity index (χ0v) is 12.0. The largest absolute Gasteiger partial charge is 0.481 e. The molecular formula is C12H14N2O6S. The van der Waals surface area contributed by atoms with Gasteiger partial charge in [0.15, 0.2) is 4.90 Å². The van der Waals surface area contributed by atoms with Crippen LogP contribution in [0.2, 0.25) is 0 Å². The number of aliphatic carboxylic acids is 1. The van der Waals surface area contributed by atoms with Gasteiger partial charge in [-0.3, -0.25) is 14.9 Å². The van der Waals surface area contributed by atoms with Crippen LogP contribution in [0, 0.1) is 22.0 Å². The van der Waals surface area contributed by atoms with Gasteiger partial charge in [0, 0.05) is 19.2 Å². The maximum absolute atomic E-state index is 12.4. The molecule has 0 aromatic heterocycles. The minimum Gasteiger partial charge on any atom is -0.481 e. The van der Waals surface area contributed by atoms with Gasteiger partial charge < -0.3 is 5.11 Å². The van der Waals surface area contributed by atoms with E-state index in [-0.39, 0.29) is 23.9 Å². The second kappa shape index (κ2) is 5.41. The van der Waals surface area contributed by atoms with Crippen LogP contribution in [0.5, 0.6) is 0 Å². The average Bonchev–Trinajstić information content (AvgIpc) is 2.36. The molecule has 1 fully saturated rings. The molecule has 0 spiro atoms. The van der Waals surface area contributed by atoms with E-state index in [9.17, 15) is 23.3 Å². The lowest BCUT2D eigenvalue weighted by Crippen LogP contribution is -2.53. The Bertz CT molecular complexity index is 681. The number of carbonyl (C=O) groups is 1. The minimum absolute atomic E-state index is 0.0574. The number of benzene rings is 1. The molecule has 8 nitrogen and oxygen atoms in total. The van der Waals surface area contributed by atoms with Crippen molar-refractivity contribution >= 4 is 21.7 Å². The molecule has 21 heavy (non-hydrogen) atoms. The van der Waals surface area contributed by atoms with E-state index in [2.05, 4.69) is 0 Å². The number of hydrogen-bond acceptors (Lipinski definition) is 5. The number of carboxylic acids is 1. The van der Waals surface area contributed by atoms with Gasteiger partial charge in [-0.2, -0.15) is 4.31 Å². The number of nitro groups is 1. The number of para-hydroxylation sites is 1. The number of hydrogen-bond donors (Lipinski definition) is 1. The summed E-state index contributed by atoms with van der Waals surface area (Å²) in [6.45, 7) is 1.63. The zero-order valence-electron chi connectivity index (χ0n) is 11.2. The number of rotatable bonds is 5. The van der Waals surface area contributed by atoms with Gasteiger partial charge in [0.1, 0.15) is 0 Å². The van der Waals surface area contributed by atoms with Crippen LogP contribution < -0.4 is 0 Å². The summed E-state index contributed by atoms with van der Waals surface area (Å²) in [5, 5.41) is 19.8. The maximum atomic E-state index is 12.4. The fourth-order valence-electron chi connectivity index (χ4n) is 2.15. The van der Waals surface area contributed by atoms with Gasteiger partial charge >= 0.3 is 5.97 Å². The first kappa shape index (κ1) is 15.4. The molecular weight excluding hydrogens is 300 g/mol. The zero-order chi connectivity index (χ0) is 15.8. The smallest absolute Gasteiger partial charge is 0.306 e. The first-order chi connectivity index (χ1) is 9.75. The third-order valence-electron chi connectivity index (χ3n) is 3.65. The monoisotopic (exact) mass is 314 g/mol. The Morgan fingerprint density at radius 2 is 2.00 bits per heavy atom. The van der Waals surface area contributed by atoms with Gasteiger partial charge in [-0.1, -0.05) is 19.1 Å². The Balaban J connectivity index is 2.22. The standard InChI is InChI=1S/C12H14N2O6S/c1-8(12(15)16)9-6-13(7-9)21(19,20)11-5-3-2-4-10(11)14(17)18/h2-5,8-9H,6-7H2,1H3,(H,15,16). The van der Waals surface area contributed by atoms with Crippen molar-refractivity contribution in [2.45, 2.75) is 11.8 Å². The average molecular weight is 314 g/mol. The molecule has 0 bridgehead atoms. The molecule has 1 N–H and O–H groups in total. The van der Waals surface area contributed by atoms with Crippen molar-refractivity contribution in [2.24, 2.45) is 11.8 Å². The number of carboxylic acid groups (broad SMARTS) is 1. The lowest BCUT2D eigenvalue weighted by atomic mass is 9.89. The van der Waals surface area contributed by atoms with E-state index >= 15 is 0 Å². The lowest BCUT2D eigenvalue weighted by molar-refractivity contribution is -0.387. The Kier molecular flexibility index (Phi) is 3.97. The SMILES string of the molecule is CC(C(=O)O)C1CN(S(=O)(=O)c2ccccc2[N+](=O)[O-])C1. The summed E-state index contributed by atoms with van der Waals surface area (Å²) < 4.78 is 25.8. The fourth-order valence-corrected chi connectivity index (χ4v) is 3.86. The Morgan fingerprint density at radius 3 is 2.52 bits per heavy atom.